The number of nitrogens with zero attached hydrogens (tertiary/aromatic N) is 1. The second-order valence-electron chi connectivity index (χ2n) is 5.64. The number of rotatable bonds is 7. The van der Waals surface area contributed by atoms with Crippen LogP contribution in [0.4, 0.5) is 0 Å². The second-order valence-corrected chi connectivity index (χ2v) is 5.64. The molecule has 0 radical (unpaired) electrons. The molecule has 2 unspecified atom stereocenters. The first-order valence-corrected chi connectivity index (χ1v) is 7.92. The average Bonchev–Trinajstić information content (AvgIpc) is 2.51. The summed E-state index contributed by atoms with van der Waals surface area (Å²) in [5.74, 6) is 0. The molecule has 1 aliphatic heterocycles. The Morgan fingerprint density at radius 2 is 2.10 bits per heavy atom. The molecule has 2 N–H and O–H groups in total. The molecule has 1 saturated heterocycles. The molecule has 1 aromatic rings. The lowest BCUT2D eigenvalue weighted by molar-refractivity contribution is -0.00660. The lowest BCUT2D eigenvalue weighted by Gasteiger charge is -2.38. The fraction of sp³-hybridized carbons (Fsp3) is 0.647. The first-order valence-electron chi connectivity index (χ1n) is 7.92. The number of hydrogen-bond donors (Lipinski definition) is 1. The van der Waals surface area contributed by atoms with E-state index in [9.17, 15) is 0 Å². The average molecular weight is 292 g/mol. The first-order chi connectivity index (χ1) is 10.3. The molecule has 1 heterocycles. The van der Waals surface area contributed by atoms with E-state index in [2.05, 4.69) is 36.1 Å². The zero-order valence-electron chi connectivity index (χ0n) is 13.3. The van der Waals surface area contributed by atoms with Gasteiger partial charge in [-0.1, -0.05) is 24.3 Å². The molecule has 1 aliphatic rings. The Morgan fingerprint density at radius 1 is 1.33 bits per heavy atom. The Hall–Kier alpha value is -0.940. The molecule has 0 spiro atoms. The smallest absolute Gasteiger partial charge is 0.0713 e. The third kappa shape index (κ3) is 4.51. The number of piperidine rings is 1. The molecule has 0 aromatic heterocycles. The van der Waals surface area contributed by atoms with Crippen molar-refractivity contribution in [2.24, 2.45) is 5.73 Å². The molecule has 1 fully saturated rings. The quantitative estimate of drug-likeness (QED) is 0.838. The Morgan fingerprint density at radius 3 is 2.71 bits per heavy atom. The third-order valence-corrected chi connectivity index (χ3v) is 4.15. The van der Waals surface area contributed by atoms with Crippen LogP contribution in [0.15, 0.2) is 24.3 Å². The molecular formula is C17H28N2O2. The summed E-state index contributed by atoms with van der Waals surface area (Å²) in [6.07, 6.45) is 2.70. The predicted octanol–water partition coefficient (Wildman–Crippen LogP) is 2.33. The van der Waals surface area contributed by atoms with E-state index in [0.717, 1.165) is 26.1 Å². The van der Waals surface area contributed by atoms with Crippen LogP contribution in [-0.2, 0) is 16.1 Å². The maximum Gasteiger partial charge on any atom is 0.0713 e. The van der Waals surface area contributed by atoms with Gasteiger partial charge in [0, 0.05) is 32.8 Å². The Bertz CT molecular complexity index is 406. The van der Waals surface area contributed by atoms with Crippen molar-refractivity contribution in [3.63, 3.8) is 0 Å². The van der Waals surface area contributed by atoms with Crippen LogP contribution in [0.1, 0.15) is 36.9 Å². The Kier molecular flexibility index (Phi) is 6.64. The summed E-state index contributed by atoms with van der Waals surface area (Å²) in [5, 5.41) is 0. The van der Waals surface area contributed by atoms with Crippen molar-refractivity contribution in [3.05, 3.63) is 35.4 Å². The number of nitrogens with two attached hydrogens (primary N) is 1. The van der Waals surface area contributed by atoms with Crippen molar-refractivity contribution in [3.8, 4) is 0 Å². The van der Waals surface area contributed by atoms with Gasteiger partial charge >= 0.3 is 0 Å². The van der Waals surface area contributed by atoms with Gasteiger partial charge < -0.3 is 15.2 Å². The summed E-state index contributed by atoms with van der Waals surface area (Å²) in [5.41, 5.74) is 8.53. The van der Waals surface area contributed by atoms with Crippen LogP contribution < -0.4 is 5.73 Å². The van der Waals surface area contributed by atoms with E-state index in [1.54, 1.807) is 7.11 Å². The molecule has 118 valence electrons. The number of hydrogen-bond acceptors (Lipinski definition) is 4. The normalized spacial score (nSPS) is 21.4. The standard InChI is InChI=1S/C17H28N2O2/c1-3-21-16-5-4-10-19(12-16)17(11-18)15-8-6-14(7-9-15)13-20-2/h6-9,16-17H,3-5,10-13,18H2,1-2H3. The van der Waals surface area contributed by atoms with Crippen molar-refractivity contribution in [2.75, 3.05) is 33.4 Å². The van der Waals surface area contributed by atoms with Gasteiger partial charge in [-0.3, -0.25) is 4.90 Å². The topological polar surface area (TPSA) is 47.7 Å². The molecule has 4 heteroatoms. The lowest BCUT2D eigenvalue weighted by Crippen LogP contribution is -2.44. The molecule has 4 nitrogen and oxygen atoms in total. The molecule has 21 heavy (non-hydrogen) atoms. The van der Waals surface area contributed by atoms with Crippen molar-refractivity contribution in [1.82, 2.24) is 4.90 Å². The largest absolute Gasteiger partial charge is 0.380 e. The van der Waals surface area contributed by atoms with Gasteiger partial charge in [-0.05, 0) is 37.4 Å². The van der Waals surface area contributed by atoms with Crippen molar-refractivity contribution < 1.29 is 9.47 Å². The van der Waals surface area contributed by atoms with E-state index < -0.39 is 0 Å². The van der Waals surface area contributed by atoms with Gasteiger partial charge in [0.25, 0.3) is 0 Å². The highest BCUT2D eigenvalue weighted by molar-refractivity contribution is 5.25. The molecule has 2 atom stereocenters. The maximum atomic E-state index is 6.04. The van der Waals surface area contributed by atoms with Gasteiger partial charge in [0.2, 0.25) is 0 Å². The van der Waals surface area contributed by atoms with Crippen LogP contribution in [0.25, 0.3) is 0 Å². The number of likely N-dealkylation sites (tertiary alicyclic amines) is 1. The summed E-state index contributed by atoms with van der Waals surface area (Å²) < 4.78 is 11.0. The van der Waals surface area contributed by atoms with Crippen molar-refractivity contribution in [2.45, 2.75) is 38.5 Å². The van der Waals surface area contributed by atoms with Crippen molar-refractivity contribution in [1.29, 1.82) is 0 Å². The molecular weight excluding hydrogens is 264 g/mol. The van der Waals surface area contributed by atoms with Crippen LogP contribution in [0.2, 0.25) is 0 Å². The Labute approximate surface area is 128 Å². The molecule has 0 amide bonds. The molecule has 1 aromatic carbocycles. The predicted molar refractivity (Wildman–Crippen MR) is 85.2 cm³/mol. The van der Waals surface area contributed by atoms with Gasteiger partial charge in [0.15, 0.2) is 0 Å². The molecule has 0 saturated carbocycles. The Balaban J connectivity index is 2.04. The number of methoxy groups -OCH3 is 1. The first kappa shape index (κ1) is 16.4. The molecule has 0 aliphatic carbocycles. The van der Waals surface area contributed by atoms with E-state index in [4.69, 9.17) is 15.2 Å². The molecule has 2 rings (SSSR count). The second kappa shape index (κ2) is 8.49. The zero-order chi connectivity index (χ0) is 15.1. The van der Waals surface area contributed by atoms with Crippen LogP contribution in [0, 0.1) is 0 Å². The lowest BCUT2D eigenvalue weighted by atomic mass is 9.99. The van der Waals surface area contributed by atoms with Gasteiger partial charge in [-0.2, -0.15) is 0 Å². The van der Waals surface area contributed by atoms with E-state index in [1.165, 1.54) is 17.5 Å². The highest BCUT2D eigenvalue weighted by Gasteiger charge is 2.26. The van der Waals surface area contributed by atoms with E-state index in [-0.39, 0.29) is 6.04 Å². The maximum absolute atomic E-state index is 6.04. The fourth-order valence-electron chi connectivity index (χ4n) is 3.12. The molecule has 0 bridgehead atoms. The minimum Gasteiger partial charge on any atom is -0.380 e. The highest BCUT2D eigenvalue weighted by atomic mass is 16.5. The number of benzene rings is 1. The van der Waals surface area contributed by atoms with Gasteiger partial charge in [-0.15, -0.1) is 0 Å². The zero-order valence-corrected chi connectivity index (χ0v) is 13.3. The minimum atomic E-state index is 0.282. The SMILES string of the molecule is CCOC1CCCN(C(CN)c2ccc(COC)cc2)C1. The minimum absolute atomic E-state index is 0.282. The summed E-state index contributed by atoms with van der Waals surface area (Å²) in [6, 6.07) is 8.90. The van der Waals surface area contributed by atoms with E-state index in [1.807, 2.05) is 0 Å². The van der Waals surface area contributed by atoms with Gasteiger partial charge in [-0.25, -0.2) is 0 Å². The summed E-state index contributed by atoms with van der Waals surface area (Å²) in [6.45, 7) is 6.23. The van der Waals surface area contributed by atoms with Crippen LogP contribution in [0.5, 0.6) is 0 Å². The monoisotopic (exact) mass is 292 g/mol. The summed E-state index contributed by atoms with van der Waals surface area (Å²) in [4.78, 5) is 2.47. The van der Waals surface area contributed by atoms with Crippen LogP contribution in [-0.4, -0.2) is 44.4 Å². The van der Waals surface area contributed by atoms with E-state index in [0.29, 0.717) is 19.3 Å². The van der Waals surface area contributed by atoms with Crippen molar-refractivity contribution >= 4 is 0 Å². The van der Waals surface area contributed by atoms with Crippen LogP contribution in [0.3, 0.4) is 0 Å². The highest BCUT2D eigenvalue weighted by Crippen LogP contribution is 2.25. The summed E-state index contributed by atoms with van der Waals surface area (Å²) >= 11 is 0. The van der Waals surface area contributed by atoms with Gasteiger partial charge in [0.1, 0.15) is 0 Å². The van der Waals surface area contributed by atoms with Crippen LogP contribution >= 0.6 is 0 Å². The van der Waals surface area contributed by atoms with Gasteiger partial charge in [0.05, 0.1) is 12.7 Å². The third-order valence-electron chi connectivity index (χ3n) is 4.15. The number of ether oxygens (including phenoxy) is 2. The fourth-order valence-corrected chi connectivity index (χ4v) is 3.12. The van der Waals surface area contributed by atoms with E-state index >= 15 is 0 Å². The summed E-state index contributed by atoms with van der Waals surface area (Å²) in [7, 11) is 1.72.